The normalized spacial score (nSPS) is 12.2. The summed E-state index contributed by atoms with van der Waals surface area (Å²) in [7, 11) is 0. The summed E-state index contributed by atoms with van der Waals surface area (Å²) in [5.41, 5.74) is 2.91. The number of rotatable bonds is 7. The molecule has 1 aromatic heterocycles. The van der Waals surface area contributed by atoms with Gasteiger partial charge in [0.2, 0.25) is 17.6 Å². The molecule has 1 unspecified atom stereocenters. The fourth-order valence-electron chi connectivity index (χ4n) is 2.95. The maximum absolute atomic E-state index is 13.2. The monoisotopic (exact) mass is 381 g/mol. The van der Waals surface area contributed by atoms with Crippen LogP contribution in [0.1, 0.15) is 43.3 Å². The molecule has 6 heteroatoms. The van der Waals surface area contributed by atoms with E-state index in [0.717, 1.165) is 16.7 Å². The number of aromatic nitrogens is 2. The molecule has 5 nitrogen and oxygen atoms in total. The Labute approximate surface area is 164 Å². The molecule has 0 aliphatic heterocycles. The molecular formula is C22H24FN3O2. The van der Waals surface area contributed by atoms with E-state index in [9.17, 15) is 9.18 Å². The Morgan fingerprint density at radius 2 is 1.79 bits per heavy atom. The molecule has 0 fully saturated rings. The second-order valence-corrected chi connectivity index (χ2v) is 7.22. The van der Waals surface area contributed by atoms with E-state index in [1.165, 1.54) is 12.1 Å². The molecule has 0 saturated carbocycles. The Bertz CT molecular complexity index is 918. The molecular weight excluding hydrogens is 357 g/mol. The summed E-state index contributed by atoms with van der Waals surface area (Å²) in [5.74, 6) is 0.706. The minimum absolute atomic E-state index is 0.113. The maximum Gasteiger partial charge on any atom is 0.227 e. The topological polar surface area (TPSA) is 68.0 Å². The molecule has 1 amide bonds. The molecule has 3 aromatic rings. The number of hydrogen-bond donors (Lipinski definition) is 1. The Hall–Kier alpha value is -3.02. The van der Waals surface area contributed by atoms with Gasteiger partial charge in [-0.05, 0) is 30.5 Å². The molecule has 0 spiro atoms. The zero-order chi connectivity index (χ0) is 20.1. The summed E-state index contributed by atoms with van der Waals surface area (Å²) in [6.45, 7) is 6.04. The van der Waals surface area contributed by atoms with Crippen LogP contribution in [0.3, 0.4) is 0 Å². The Balaban J connectivity index is 1.59. The van der Waals surface area contributed by atoms with Crippen LogP contribution in [-0.2, 0) is 11.2 Å². The van der Waals surface area contributed by atoms with E-state index < -0.39 is 0 Å². The summed E-state index contributed by atoms with van der Waals surface area (Å²) < 4.78 is 18.4. The van der Waals surface area contributed by atoms with Crippen LogP contribution in [0.5, 0.6) is 0 Å². The van der Waals surface area contributed by atoms with Crippen molar-refractivity contribution in [2.24, 2.45) is 5.92 Å². The third-order valence-corrected chi connectivity index (χ3v) is 4.56. The molecule has 0 aliphatic rings. The average Bonchev–Trinajstić information content (AvgIpc) is 3.15. The first-order valence-corrected chi connectivity index (χ1v) is 9.37. The zero-order valence-corrected chi connectivity index (χ0v) is 16.3. The van der Waals surface area contributed by atoms with Gasteiger partial charge in [-0.1, -0.05) is 61.0 Å². The van der Waals surface area contributed by atoms with Crippen molar-refractivity contribution in [1.29, 1.82) is 0 Å². The Morgan fingerprint density at radius 1 is 1.11 bits per heavy atom. The lowest BCUT2D eigenvalue weighted by molar-refractivity contribution is -0.122. The number of carbonyl (C=O) groups excluding carboxylic acids is 1. The van der Waals surface area contributed by atoms with Crippen molar-refractivity contribution < 1.29 is 13.7 Å². The first-order valence-electron chi connectivity index (χ1n) is 9.37. The van der Waals surface area contributed by atoms with Gasteiger partial charge in [-0.25, -0.2) is 4.39 Å². The Kier molecular flexibility index (Phi) is 6.19. The van der Waals surface area contributed by atoms with Crippen molar-refractivity contribution in [3.8, 4) is 11.4 Å². The van der Waals surface area contributed by atoms with Crippen LogP contribution in [-0.4, -0.2) is 16.0 Å². The highest BCUT2D eigenvalue weighted by Gasteiger charge is 2.19. The summed E-state index contributed by atoms with van der Waals surface area (Å²) >= 11 is 0. The van der Waals surface area contributed by atoms with E-state index in [-0.39, 0.29) is 30.1 Å². The first-order chi connectivity index (χ1) is 13.4. The number of carbonyl (C=O) groups is 1. The van der Waals surface area contributed by atoms with Crippen molar-refractivity contribution in [3.05, 3.63) is 71.4 Å². The number of benzene rings is 2. The number of amides is 1. The average molecular weight is 381 g/mol. The van der Waals surface area contributed by atoms with Crippen LogP contribution in [0.4, 0.5) is 4.39 Å². The minimum Gasteiger partial charge on any atom is -0.349 e. The SMILES string of the molecule is Cc1ccc(-c2noc(CCC(=O)NC(c3ccc(F)cc3)C(C)C)n2)cc1. The van der Waals surface area contributed by atoms with Crippen LogP contribution in [0.15, 0.2) is 53.1 Å². The maximum atomic E-state index is 13.2. The second-order valence-electron chi connectivity index (χ2n) is 7.22. The second kappa shape index (κ2) is 8.78. The van der Waals surface area contributed by atoms with Crippen LogP contribution >= 0.6 is 0 Å². The molecule has 28 heavy (non-hydrogen) atoms. The van der Waals surface area contributed by atoms with Crippen molar-refractivity contribution in [2.45, 2.75) is 39.7 Å². The molecule has 0 saturated heterocycles. The standard InChI is InChI=1S/C22H24FN3O2/c1-14(2)21(16-8-10-18(23)11-9-16)24-19(27)12-13-20-25-22(26-28-20)17-6-4-15(3)5-7-17/h4-11,14,21H,12-13H2,1-3H3,(H,24,27). The predicted octanol–water partition coefficient (Wildman–Crippen LogP) is 4.63. The van der Waals surface area contributed by atoms with Gasteiger partial charge in [0.05, 0.1) is 6.04 Å². The predicted molar refractivity (Wildman–Crippen MR) is 105 cm³/mol. The quantitative estimate of drug-likeness (QED) is 0.648. The van der Waals surface area contributed by atoms with Gasteiger partial charge in [-0.2, -0.15) is 4.98 Å². The smallest absolute Gasteiger partial charge is 0.227 e. The molecule has 2 aromatic carbocycles. The number of aryl methyl sites for hydroxylation is 2. The van der Waals surface area contributed by atoms with Crippen molar-refractivity contribution in [3.63, 3.8) is 0 Å². The summed E-state index contributed by atoms with van der Waals surface area (Å²) in [6.07, 6.45) is 0.596. The van der Waals surface area contributed by atoms with Crippen molar-refractivity contribution in [1.82, 2.24) is 15.5 Å². The van der Waals surface area contributed by atoms with Gasteiger partial charge in [0, 0.05) is 18.4 Å². The van der Waals surface area contributed by atoms with Crippen molar-refractivity contribution >= 4 is 5.91 Å². The molecule has 1 atom stereocenters. The van der Waals surface area contributed by atoms with Crippen LogP contribution in [0.25, 0.3) is 11.4 Å². The highest BCUT2D eigenvalue weighted by Crippen LogP contribution is 2.22. The van der Waals surface area contributed by atoms with Gasteiger partial charge in [0.25, 0.3) is 0 Å². The zero-order valence-electron chi connectivity index (χ0n) is 16.3. The molecule has 0 bridgehead atoms. The highest BCUT2D eigenvalue weighted by molar-refractivity contribution is 5.76. The highest BCUT2D eigenvalue weighted by atomic mass is 19.1. The lowest BCUT2D eigenvalue weighted by Crippen LogP contribution is -2.31. The lowest BCUT2D eigenvalue weighted by Gasteiger charge is -2.23. The van der Waals surface area contributed by atoms with Crippen LogP contribution in [0.2, 0.25) is 0 Å². The Morgan fingerprint density at radius 3 is 2.43 bits per heavy atom. The third kappa shape index (κ3) is 5.03. The lowest BCUT2D eigenvalue weighted by atomic mass is 9.96. The van der Waals surface area contributed by atoms with Gasteiger partial charge < -0.3 is 9.84 Å². The largest absolute Gasteiger partial charge is 0.349 e. The van der Waals surface area contributed by atoms with E-state index in [0.29, 0.717) is 18.1 Å². The van der Waals surface area contributed by atoms with E-state index in [2.05, 4.69) is 15.5 Å². The summed E-state index contributed by atoms with van der Waals surface area (Å²) in [6, 6.07) is 13.9. The van der Waals surface area contributed by atoms with Gasteiger partial charge in [0.1, 0.15) is 5.82 Å². The van der Waals surface area contributed by atoms with E-state index in [4.69, 9.17) is 4.52 Å². The third-order valence-electron chi connectivity index (χ3n) is 4.56. The molecule has 1 N–H and O–H groups in total. The van der Waals surface area contributed by atoms with Gasteiger partial charge in [-0.3, -0.25) is 4.79 Å². The van der Waals surface area contributed by atoms with E-state index >= 15 is 0 Å². The molecule has 0 radical (unpaired) electrons. The summed E-state index contributed by atoms with van der Waals surface area (Å²) in [5, 5.41) is 7.00. The van der Waals surface area contributed by atoms with Gasteiger partial charge >= 0.3 is 0 Å². The van der Waals surface area contributed by atoms with Crippen LogP contribution in [0, 0.1) is 18.7 Å². The number of nitrogens with zero attached hydrogens (tertiary/aromatic N) is 2. The van der Waals surface area contributed by atoms with E-state index in [1.54, 1.807) is 12.1 Å². The number of nitrogens with one attached hydrogen (secondary N) is 1. The van der Waals surface area contributed by atoms with Gasteiger partial charge in [-0.15, -0.1) is 0 Å². The number of halogens is 1. The van der Waals surface area contributed by atoms with Gasteiger partial charge in [0.15, 0.2) is 0 Å². The molecule has 3 rings (SSSR count). The fraction of sp³-hybridized carbons (Fsp3) is 0.318. The number of hydrogen-bond acceptors (Lipinski definition) is 4. The fourth-order valence-corrected chi connectivity index (χ4v) is 2.95. The molecule has 146 valence electrons. The first kappa shape index (κ1) is 19.7. The summed E-state index contributed by atoms with van der Waals surface area (Å²) in [4.78, 5) is 16.8. The molecule has 1 heterocycles. The minimum atomic E-state index is -0.293. The van der Waals surface area contributed by atoms with E-state index in [1.807, 2.05) is 45.0 Å². The van der Waals surface area contributed by atoms with Crippen molar-refractivity contribution in [2.75, 3.05) is 0 Å². The molecule has 0 aliphatic carbocycles. The van der Waals surface area contributed by atoms with Crippen LogP contribution < -0.4 is 5.32 Å².